The molecule has 0 radical (unpaired) electrons. The van der Waals surface area contributed by atoms with E-state index in [1.807, 2.05) is 21.9 Å². The van der Waals surface area contributed by atoms with Gasteiger partial charge in [-0.25, -0.2) is 0 Å². The Bertz CT molecular complexity index is 1060. The Balaban J connectivity index is 1.18. The third-order valence-corrected chi connectivity index (χ3v) is 7.39. The summed E-state index contributed by atoms with van der Waals surface area (Å²) in [5.74, 6) is 2.04. The first kappa shape index (κ1) is 19.6. The molecule has 1 saturated heterocycles. The molecule has 6 heteroatoms. The minimum atomic E-state index is -0.498. The zero-order chi connectivity index (χ0) is 21.7. The van der Waals surface area contributed by atoms with E-state index in [1.165, 1.54) is 0 Å². The van der Waals surface area contributed by atoms with Crippen LogP contribution in [0.15, 0.2) is 53.8 Å². The predicted octanol–water partition coefficient (Wildman–Crippen LogP) is 3.52. The maximum Gasteiger partial charge on any atom is 0.256 e. The third-order valence-electron chi connectivity index (χ3n) is 7.39. The quantitative estimate of drug-likeness (QED) is 0.732. The molecule has 164 valence electrons. The lowest BCUT2D eigenvalue weighted by Crippen LogP contribution is -2.45. The van der Waals surface area contributed by atoms with Gasteiger partial charge in [-0.05, 0) is 67.7 Å². The van der Waals surface area contributed by atoms with Crippen LogP contribution in [0.3, 0.4) is 0 Å². The molecule has 2 aromatic rings. The molecule has 0 bridgehead atoms. The highest BCUT2D eigenvalue weighted by Gasteiger charge is 2.57. The standard InChI is InChI=1S/C26H28N4O2/c31-24(22-5-6-22)29-15-9-18(10-16-29)17-30-23(28-26(11-12-26)25(30)32)21-3-1-19(2-4-21)20-7-13-27-14-8-20/h1-4,7-8,13-14,18,22H,5-6,9-12,15-17H2. The SMILES string of the molecule is O=C(C1CC1)N1CCC(CN2C(=O)C3(CC3)N=C2c2ccc(-c3ccncc3)cc2)CC1. The van der Waals surface area contributed by atoms with Crippen molar-refractivity contribution in [3.8, 4) is 11.1 Å². The number of amidine groups is 1. The van der Waals surface area contributed by atoms with Gasteiger partial charge in [0.25, 0.3) is 5.91 Å². The highest BCUT2D eigenvalue weighted by molar-refractivity contribution is 6.16. The molecule has 0 unspecified atom stereocenters. The fraction of sp³-hybridized carbons (Fsp3) is 0.462. The summed E-state index contributed by atoms with van der Waals surface area (Å²) in [7, 11) is 0. The molecule has 32 heavy (non-hydrogen) atoms. The van der Waals surface area contributed by atoms with Crippen LogP contribution in [0.1, 0.15) is 44.1 Å². The third kappa shape index (κ3) is 3.51. The Kier molecular flexibility index (Phi) is 4.63. The highest BCUT2D eigenvalue weighted by atomic mass is 16.2. The summed E-state index contributed by atoms with van der Waals surface area (Å²) in [6.07, 6.45) is 9.35. The van der Waals surface area contributed by atoms with Crippen LogP contribution in [0.4, 0.5) is 0 Å². The molecular weight excluding hydrogens is 400 g/mol. The number of piperidine rings is 1. The van der Waals surface area contributed by atoms with Gasteiger partial charge >= 0.3 is 0 Å². The molecule has 1 aromatic carbocycles. The van der Waals surface area contributed by atoms with Crippen molar-refractivity contribution in [2.75, 3.05) is 19.6 Å². The van der Waals surface area contributed by atoms with E-state index in [2.05, 4.69) is 29.2 Å². The summed E-state index contributed by atoms with van der Waals surface area (Å²) < 4.78 is 0. The number of hydrogen-bond acceptors (Lipinski definition) is 4. The summed E-state index contributed by atoms with van der Waals surface area (Å²) in [6.45, 7) is 2.34. The molecule has 2 aliphatic carbocycles. The van der Waals surface area contributed by atoms with Gasteiger partial charge in [0.15, 0.2) is 0 Å². The Labute approximate surface area is 188 Å². The lowest BCUT2D eigenvalue weighted by atomic mass is 9.95. The van der Waals surface area contributed by atoms with E-state index in [4.69, 9.17) is 4.99 Å². The van der Waals surface area contributed by atoms with E-state index >= 15 is 0 Å². The molecule has 6 rings (SSSR count). The maximum absolute atomic E-state index is 13.2. The Morgan fingerprint density at radius 1 is 0.906 bits per heavy atom. The second-order valence-corrected chi connectivity index (χ2v) is 9.74. The molecule has 1 aromatic heterocycles. The van der Waals surface area contributed by atoms with Crippen LogP contribution >= 0.6 is 0 Å². The zero-order valence-corrected chi connectivity index (χ0v) is 18.2. The average Bonchev–Trinajstić information content (AvgIpc) is 3.77. The number of benzene rings is 1. The Hall–Kier alpha value is -3.02. The summed E-state index contributed by atoms with van der Waals surface area (Å²) >= 11 is 0. The van der Waals surface area contributed by atoms with Gasteiger partial charge in [-0.1, -0.05) is 24.3 Å². The number of aliphatic imine (C=N–C) groups is 1. The van der Waals surface area contributed by atoms with Crippen molar-refractivity contribution < 1.29 is 9.59 Å². The number of carbonyl (C=O) groups is 2. The van der Waals surface area contributed by atoms with Gasteiger partial charge in [0.2, 0.25) is 5.91 Å². The topological polar surface area (TPSA) is 65.9 Å². The molecule has 3 fully saturated rings. The van der Waals surface area contributed by atoms with Crippen molar-refractivity contribution >= 4 is 17.6 Å². The van der Waals surface area contributed by atoms with Crippen molar-refractivity contribution in [3.05, 3.63) is 54.4 Å². The largest absolute Gasteiger partial charge is 0.342 e. The molecule has 1 spiro atoms. The van der Waals surface area contributed by atoms with Crippen molar-refractivity contribution in [2.24, 2.45) is 16.8 Å². The number of rotatable bonds is 5. The van der Waals surface area contributed by atoms with Gasteiger partial charge in [-0.3, -0.25) is 24.5 Å². The van der Waals surface area contributed by atoms with Crippen LogP contribution in [-0.2, 0) is 9.59 Å². The number of pyridine rings is 1. The lowest BCUT2D eigenvalue weighted by molar-refractivity contribution is -0.134. The van der Waals surface area contributed by atoms with E-state index in [-0.39, 0.29) is 11.8 Å². The van der Waals surface area contributed by atoms with Gasteiger partial charge in [0.1, 0.15) is 11.4 Å². The Morgan fingerprint density at radius 2 is 1.53 bits per heavy atom. The van der Waals surface area contributed by atoms with E-state index in [1.54, 1.807) is 12.4 Å². The van der Waals surface area contributed by atoms with Crippen LogP contribution in [-0.4, -0.2) is 57.6 Å². The monoisotopic (exact) mass is 428 g/mol. The maximum atomic E-state index is 13.2. The Morgan fingerprint density at radius 3 is 2.16 bits per heavy atom. The molecule has 2 aliphatic heterocycles. The smallest absolute Gasteiger partial charge is 0.256 e. The van der Waals surface area contributed by atoms with Crippen LogP contribution in [0.5, 0.6) is 0 Å². The van der Waals surface area contributed by atoms with Crippen molar-refractivity contribution in [2.45, 2.75) is 44.1 Å². The summed E-state index contributed by atoms with van der Waals surface area (Å²) in [6, 6.07) is 12.3. The fourth-order valence-corrected chi connectivity index (χ4v) is 5.03. The van der Waals surface area contributed by atoms with Crippen molar-refractivity contribution in [3.63, 3.8) is 0 Å². The van der Waals surface area contributed by atoms with E-state index < -0.39 is 5.54 Å². The first-order valence-corrected chi connectivity index (χ1v) is 11.8. The van der Waals surface area contributed by atoms with Gasteiger partial charge in [-0.2, -0.15) is 0 Å². The number of aromatic nitrogens is 1. The fourth-order valence-electron chi connectivity index (χ4n) is 5.03. The zero-order valence-electron chi connectivity index (χ0n) is 18.2. The normalized spacial score (nSPS) is 22.4. The second-order valence-electron chi connectivity index (χ2n) is 9.74. The first-order valence-electron chi connectivity index (χ1n) is 11.8. The van der Waals surface area contributed by atoms with Crippen LogP contribution in [0, 0.1) is 11.8 Å². The van der Waals surface area contributed by atoms with Crippen LogP contribution < -0.4 is 0 Å². The molecule has 2 saturated carbocycles. The van der Waals surface area contributed by atoms with E-state index in [9.17, 15) is 9.59 Å². The second kappa shape index (κ2) is 7.54. The molecule has 3 heterocycles. The summed E-state index contributed by atoms with van der Waals surface area (Å²) in [5, 5.41) is 0. The molecule has 0 atom stereocenters. The predicted molar refractivity (Wildman–Crippen MR) is 122 cm³/mol. The number of carbonyl (C=O) groups excluding carboxylic acids is 2. The molecule has 4 aliphatic rings. The number of amides is 2. The summed E-state index contributed by atoms with van der Waals surface area (Å²) in [4.78, 5) is 38.6. The highest BCUT2D eigenvalue weighted by Crippen LogP contribution is 2.46. The van der Waals surface area contributed by atoms with Gasteiger partial charge < -0.3 is 4.90 Å². The van der Waals surface area contributed by atoms with Crippen molar-refractivity contribution in [1.29, 1.82) is 0 Å². The number of hydrogen-bond donors (Lipinski definition) is 0. The summed E-state index contributed by atoms with van der Waals surface area (Å²) in [5.41, 5.74) is 2.75. The van der Waals surface area contributed by atoms with Gasteiger partial charge in [0.05, 0.1) is 0 Å². The first-order chi connectivity index (χ1) is 15.6. The van der Waals surface area contributed by atoms with E-state index in [0.717, 1.165) is 74.1 Å². The minimum absolute atomic E-state index is 0.169. The molecular formula is C26H28N4O2. The average molecular weight is 429 g/mol. The minimum Gasteiger partial charge on any atom is -0.342 e. The van der Waals surface area contributed by atoms with E-state index in [0.29, 0.717) is 18.4 Å². The van der Waals surface area contributed by atoms with Crippen LogP contribution in [0.25, 0.3) is 11.1 Å². The molecule has 2 amide bonds. The van der Waals surface area contributed by atoms with Crippen LogP contribution in [0.2, 0.25) is 0 Å². The lowest BCUT2D eigenvalue weighted by Gasteiger charge is -2.34. The number of likely N-dealkylation sites (tertiary alicyclic amines) is 1. The van der Waals surface area contributed by atoms with Crippen molar-refractivity contribution in [1.82, 2.24) is 14.8 Å². The number of nitrogens with zero attached hydrogens (tertiary/aromatic N) is 4. The van der Waals surface area contributed by atoms with Gasteiger partial charge in [0, 0.05) is 43.5 Å². The van der Waals surface area contributed by atoms with Gasteiger partial charge in [-0.15, -0.1) is 0 Å². The molecule has 6 nitrogen and oxygen atoms in total. The molecule has 0 N–H and O–H groups in total.